The summed E-state index contributed by atoms with van der Waals surface area (Å²) < 4.78 is 17.0. The molecule has 1 aliphatic heterocycles. The van der Waals surface area contributed by atoms with Crippen LogP contribution in [0, 0.1) is 22.7 Å². The lowest BCUT2D eigenvalue weighted by molar-refractivity contribution is -0.149. The Bertz CT molecular complexity index is 2270. The summed E-state index contributed by atoms with van der Waals surface area (Å²) in [5, 5.41) is 40.8. The van der Waals surface area contributed by atoms with Gasteiger partial charge in [-0.2, -0.15) is 10.5 Å². The lowest BCUT2D eigenvalue weighted by Gasteiger charge is -2.36. The zero-order valence-corrected chi connectivity index (χ0v) is 36.9. The molecule has 316 valence electrons. The van der Waals surface area contributed by atoms with Gasteiger partial charge in [0.2, 0.25) is 0 Å². The number of nitrogens with zero attached hydrogens (tertiary/aromatic N) is 5. The van der Waals surface area contributed by atoms with E-state index in [1.54, 1.807) is 65.8 Å². The van der Waals surface area contributed by atoms with Crippen molar-refractivity contribution in [3.05, 3.63) is 75.8 Å². The highest BCUT2D eigenvalue weighted by atomic mass is 35.5. The Labute approximate surface area is 363 Å². The molecule has 4 aromatic rings. The van der Waals surface area contributed by atoms with E-state index in [4.69, 9.17) is 35.8 Å². The van der Waals surface area contributed by atoms with Crippen molar-refractivity contribution in [1.29, 1.82) is 10.5 Å². The monoisotopic (exact) mass is 873 g/mol. The van der Waals surface area contributed by atoms with Crippen LogP contribution in [0.25, 0.3) is 21.7 Å². The molecule has 3 N–H and O–H groups in total. The number of carboxylic acids is 1. The number of carbonyl (C=O) groups is 3. The molecule has 2 atom stereocenters. The summed E-state index contributed by atoms with van der Waals surface area (Å²) in [5.41, 5.74) is -0.399. The minimum atomic E-state index is -1.99. The third-order valence-electron chi connectivity index (χ3n) is 9.20. The molecule has 1 saturated heterocycles. The first-order chi connectivity index (χ1) is 28.3. The molecule has 0 aliphatic carbocycles. The zero-order chi connectivity index (χ0) is 43.8. The van der Waals surface area contributed by atoms with Crippen LogP contribution >= 0.6 is 34.7 Å². The standard InChI is InChI=1S/C43H48ClN7O7S2/c1-26(43(38(52)53,50-40(55)58-42(5,6)7)18-8-19-47-39(54)57-41(2,3)4)56-31-16-12-27(13-17-31)34-32(22-45)35(51-20-9-21-51)49-37(33(34)23-46)60-25-30-24-59-36(48-30)28-10-14-29(44)15-11-28/h10-17,24,26H,8-9,18-21,25H2,1-7H3,(H,47,54)(H,50,55)(H,52,53)/t26?,43-/m1/s1. The Kier molecular flexibility index (Phi) is 14.6. The summed E-state index contributed by atoms with van der Waals surface area (Å²) in [6.45, 7) is 13.2. The Balaban J connectivity index is 1.42. The molecule has 14 nitrogen and oxygen atoms in total. The van der Waals surface area contributed by atoms with Crippen molar-refractivity contribution in [2.75, 3.05) is 24.5 Å². The predicted molar refractivity (Wildman–Crippen MR) is 231 cm³/mol. The molecule has 0 saturated carbocycles. The van der Waals surface area contributed by atoms with Crippen molar-refractivity contribution in [2.24, 2.45) is 0 Å². The number of thiazole rings is 1. The minimum Gasteiger partial charge on any atom is -0.488 e. The number of nitrogens with one attached hydrogen (secondary N) is 2. The van der Waals surface area contributed by atoms with Gasteiger partial charge in [0.25, 0.3) is 0 Å². The number of alkyl carbamates (subject to hydrolysis) is 2. The van der Waals surface area contributed by atoms with Gasteiger partial charge in [-0.1, -0.05) is 47.6 Å². The van der Waals surface area contributed by atoms with Crippen molar-refractivity contribution in [3.63, 3.8) is 0 Å². The summed E-state index contributed by atoms with van der Waals surface area (Å²) in [6, 6.07) is 18.7. The van der Waals surface area contributed by atoms with Gasteiger partial charge in [-0.15, -0.1) is 11.3 Å². The largest absolute Gasteiger partial charge is 0.488 e. The SMILES string of the molecule is CC(Oc1ccc(-c2c(C#N)c(SCc3csc(-c4ccc(Cl)cc4)n3)nc(N3CCC3)c2C#N)cc1)[C@@](CCCNC(=O)OC(C)(C)C)(NC(=O)OC(C)(C)C)C(=O)O. The molecule has 1 fully saturated rings. The quantitative estimate of drug-likeness (QED) is 0.0755. The lowest BCUT2D eigenvalue weighted by atomic mass is 9.87. The maximum absolute atomic E-state index is 13.1. The molecule has 1 aliphatic rings. The molecule has 2 amide bonds. The molecule has 17 heteroatoms. The van der Waals surface area contributed by atoms with Crippen molar-refractivity contribution >= 4 is 58.7 Å². The number of pyridine rings is 1. The van der Waals surface area contributed by atoms with Gasteiger partial charge >= 0.3 is 18.2 Å². The molecule has 60 heavy (non-hydrogen) atoms. The number of benzene rings is 2. The van der Waals surface area contributed by atoms with E-state index in [-0.39, 0.29) is 36.3 Å². The number of carbonyl (C=O) groups excluding carboxylic acids is 2. The molecule has 5 rings (SSSR count). The second kappa shape index (κ2) is 19.2. The zero-order valence-electron chi connectivity index (χ0n) is 34.6. The molecule has 0 bridgehead atoms. The fourth-order valence-electron chi connectivity index (χ4n) is 6.22. The van der Waals surface area contributed by atoms with Crippen LogP contribution in [0.4, 0.5) is 15.4 Å². The summed E-state index contributed by atoms with van der Waals surface area (Å²) in [4.78, 5) is 50.1. The number of carboxylic acid groups (broad SMARTS) is 1. The molecular weight excluding hydrogens is 826 g/mol. The predicted octanol–water partition coefficient (Wildman–Crippen LogP) is 9.19. The van der Waals surface area contributed by atoms with Crippen molar-refractivity contribution < 1.29 is 33.7 Å². The van der Waals surface area contributed by atoms with Gasteiger partial charge in [-0.05, 0) is 97.6 Å². The van der Waals surface area contributed by atoms with E-state index >= 15 is 0 Å². The molecule has 1 unspecified atom stereocenters. The van der Waals surface area contributed by atoms with Crippen LogP contribution < -0.4 is 20.3 Å². The Morgan fingerprint density at radius 1 is 0.933 bits per heavy atom. The summed E-state index contributed by atoms with van der Waals surface area (Å²) in [6.07, 6.45) is -1.84. The number of anilines is 1. The summed E-state index contributed by atoms with van der Waals surface area (Å²) in [7, 11) is 0. The van der Waals surface area contributed by atoms with Gasteiger partial charge in [-0.25, -0.2) is 24.4 Å². The van der Waals surface area contributed by atoms with Crippen molar-refractivity contribution in [2.45, 2.75) is 101 Å². The maximum atomic E-state index is 13.1. The van der Waals surface area contributed by atoms with Gasteiger partial charge in [0.15, 0.2) is 5.54 Å². The summed E-state index contributed by atoms with van der Waals surface area (Å²) in [5.74, 6) is -0.180. The maximum Gasteiger partial charge on any atom is 0.408 e. The number of rotatable bonds is 15. The van der Waals surface area contributed by atoms with Crippen molar-refractivity contribution in [1.82, 2.24) is 20.6 Å². The number of thioether (sulfide) groups is 1. The first-order valence-corrected chi connectivity index (χ1v) is 21.5. The van der Waals surface area contributed by atoms with Crippen LogP contribution in [-0.4, -0.2) is 75.7 Å². The average Bonchev–Trinajstić information content (AvgIpc) is 3.62. The topological polar surface area (TPSA) is 200 Å². The number of hydrogen-bond acceptors (Lipinski definition) is 13. The van der Waals surface area contributed by atoms with Gasteiger partial charge in [0.1, 0.15) is 56.6 Å². The smallest absolute Gasteiger partial charge is 0.408 e. The highest BCUT2D eigenvalue weighted by Crippen LogP contribution is 2.40. The fourth-order valence-corrected chi connectivity index (χ4v) is 8.15. The average molecular weight is 874 g/mol. The van der Waals surface area contributed by atoms with E-state index in [0.29, 0.717) is 32.7 Å². The van der Waals surface area contributed by atoms with Crippen molar-refractivity contribution in [3.8, 4) is 39.6 Å². The lowest BCUT2D eigenvalue weighted by Crippen LogP contribution is -2.63. The highest BCUT2D eigenvalue weighted by Gasteiger charge is 2.47. The fraction of sp³-hybridized carbons (Fsp3) is 0.419. The first kappa shape index (κ1) is 45.5. The third kappa shape index (κ3) is 11.6. The number of hydrogen-bond donors (Lipinski definition) is 3. The molecule has 0 spiro atoms. The number of ether oxygens (including phenoxy) is 3. The van der Waals surface area contributed by atoms with Crippen LogP contribution in [0.3, 0.4) is 0 Å². The van der Waals surface area contributed by atoms with Gasteiger partial charge in [-0.3, -0.25) is 0 Å². The van der Waals surface area contributed by atoms with Crippen LogP contribution in [0.1, 0.15) is 84.5 Å². The molecular formula is C43H48ClN7O7S2. The second-order valence-corrected chi connectivity index (χ2v) is 18.3. The van der Waals surface area contributed by atoms with Gasteiger partial charge in [0.05, 0.1) is 11.3 Å². The number of aliphatic carboxylic acids is 1. The Morgan fingerprint density at radius 2 is 1.55 bits per heavy atom. The molecule has 2 aromatic carbocycles. The number of aromatic nitrogens is 2. The van der Waals surface area contributed by atoms with E-state index in [9.17, 15) is 30.0 Å². The third-order valence-corrected chi connectivity index (χ3v) is 11.4. The van der Waals surface area contributed by atoms with Gasteiger partial charge in [0, 0.05) is 46.9 Å². The molecule has 3 heterocycles. The van der Waals surface area contributed by atoms with E-state index < -0.39 is 41.0 Å². The number of nitriles is 2. The highest BCUT2D eigenvalue weighted by molar-refractivity contribution is 7.98. The Morgan fingerprint density at radius 3 is 2.12 bits per heavy atom. The molecule has 0 radical (unpaired) electrons. The first-order valence-electron chi connectivity index (χ1n) is 19.3. The van der Waals surface area contributed by atoms with Crippen LogP contribution in [0.15, 0.2) is 58.9 Å². The van der Waals surface area contributed by atoms with E-state index in [0.717, 1.165) is 35.8 Å². The van der Waals surface area contributed by atoms with E-state index in [1.165, 1.54) is 30.0 Å². The van der Waals surface area contributed by atoms with Crippen LogP contribution in [0.2, 0.25) is 5.02 Å². The van der Waals surface area contributed by atoms with Gasteiger partial charge < -0.3 is 34.9 Å². The van der Waals surface area contributed by atoms with E-state index in [1.807, 2.05) is 34.5 Å². The minimum absolute atomic E-state index is 0.0592. The molecule has 2 aromatic heterocycles. The normalized spacial score (nSPS) is 14.1. The summed E-state index contributed by atoms with van der Waals surface area (Å²) >= 11 is 8.94. The number of halogens is 1. The van der Waals surface area contributed by atoms with E-state index in [2.05, 4.69) is 22.8 Å². The van der Waals surface area contributed by atoms with Crippen LogP contribution in [-0.2, 0) is 20.0 Å². The Hall–Kier alpha value is -5.55. The number of amides is 2. The van der Waals surface area contributed by atoms with Crippen LogP contribution in [0.5, 0.6) is 5.75 Å². The second-order valence-electron chi connectivity index (χ2n) is 16.1.